The van der Waals surface area contributed by atoms with E-state index < -0.39 is 11.6 Å². The molecule has 0 fully saturated rings. The molecule has 0 saturated heterocycles. The highest BCUT2D eigenvalue weighted by molar-refractivity contribution is 7.99. The first kappa shape index (κ1) is 16.0. The lowest BCUT2D eigenvalue weighted by Gasteiger charge is -2.18. The lowest BCUT2D eigenvalue weighted by molar-refractivity contribution is 0.00619. The molecule has 19 heavy (non-hydrogen) atoms. The van der Waals surface area contributed by atoms with Gasteiger partial charge in [0.2, 0.25) is 0 Å². The standard InChI is InChI=1S/C13H23N3O2S/c1-6-19-9-7-8-16-10(2)11(14-15-16)12(17)18-13(3,4)5/h6-9H2,1-5H3. The van der Waals surface area contributed by atoms with Gasteiger partial charge in [-0.25, -0.2) is 9.48 Å². The minimum absolute atomic E-state index is 0.318. The lowest BCUT2D eigenvalue weighted by Crippen LogP contribution is -2.24. The molecule has 1 aromatic rings. The van der Waals surface area contributed by atoms with Crippen LogP contribution in [0.25, 0.3) is 0 Å². The van der Waals surface area contributed by atoms with Crippen LogP contribution < -0.4 is 0 Å². The molecule has 108 valence electrons. The van der Waals surface area contributed by atoms with E-state index >= 15 is 0 Å². The fourth-order valence-electron chi connectivity index (χ4n) is 1.55. The van der Waals surface area contributed by atoms with Gasteiger partial charge in [-0.05, 0) is 45.6 Å². The number of thioether (sulfide) groups is 1. The SMILES string of the molecule is CCSCCCn1nnc(C(=O)OC(C)(C)C)c1C. The van der Waals surface area contributed by atoms with E-state index in [9.17, 15) is 4.79 Å². The molecule has 0 aliphatic carbocycles. The van der Waals surface area contributed by atoms with Crippen LogP contribution in [0.15, 0.2) is 0 Å². The Morgan fingerprint density at radius 2 is 2.11 bits per heavy atom. The van der Waals surface area contributed by atoms with Crippen LogP contribution in [0.2, 0.25) is 0 Å². The normalized spacial score (nSPS) is 11.6. The van der Waals surface area contributed by atoms with Crippen molar-refractivity contribution in [1.29, 1.82) is 0 Å². The van der Waals surface area contributed by atoms with Crippen LogP contribution in [0.1, 0.15) is 50.3 Å². The molecule has 0 aromatic carbocycles. The minimum Gasteiger partial charge on any atom is -0.455 e. The molecule has 0 radical (unpaired) electrons. The second-order valence-corrected chi connectivity index (χ2v) is 6.69. The molecule has 0 aliphatic heterocycles. The molecule has 0 spiro atoms. The average molecular weight is 285 g/mol. The Hall–Kier alpha value is -1.04. The second-order valence-electron chi connectivity index (χ2n) is 5.30. The summed E-state index contributed by atoms with van der Waals surface area (Å²) in [7, 11) is 0. The summed E-state index contributed by atoms with van der Waals surface area (Å²) in [5, 5.41) is 7.95. The zero-order valence-corrected chi connectivity index (χ0v) is 13.2. The molecule has 0 amide bonds. The summed E-state index contributed by atoms with van der Waals surface area (Å²) in [4.78, 5) is 11.9. The smallest absolute Gasteiger partial charge is 0.361 e. The number of rotatable bonds is 6. The van der Waals surface area contributed by atoms with Crippen LogP contribution in [-0.2, 0) is 11.3 Å². The summed E-state index contributed by atoms with van der Waals surface area (Å²) in [6, 6.07) is 0. The molecular formula is C13H23N3O2S. The van der Waals surface area contributed by atoms with Crippen LogP contribution in [0, 0.1) is 6.92 Å². The largest absolute Gasteiger partial charge is 0.455 e. The third-order valence-electron chi connectivity index (χ3n) is 2.44. The fraction of sp³-hybridized carbons (Fsp3) is 0.769. The Morgan fingerprint density at radius 3 is 2.68 bits per heavy atom. The van der Waals surface area contributed by atoms with Gasteiger partial charge < -0.3 is 4.74 Å². The van der Waals surface area contributed by atoms with E-state index in [1.165, 1.54) is 0 Å². The Morgan fingerprint density at radius 1 is 1.42 bits per heavy atom. The van der Waals surface area contributed by atoms with Gasteiger partial charge in [0.25, 0.3) is 0 Å². The van der Waals surface area contributed by atoms with Crippen molar-refractivity contribution in [2.45, 2.75) is 53.2 Å². The first-order chi connectivity index (χ1) is 8.85. The van der Waals surface area contributed by atoms with E-state index in [2.05, 4.69) is 17.2 Å². The number of hydrogen-bond donors (Lipinski definition) is 0. The van der Waals surface area contributed by atoms with E-state index in [4.69, 9.17) is 4.74 Å². The van der Waals surface area contributed by atoms with Crippen molar-refractivity contribution in [3.63, 3.8) is 0 Å². The summed E-state index contributed by atoms with van der Waals surface area (Å²) in [5.41, 5.74) is 0.583. The van der Waals surface area contributed by atoms with Crippen LogP contribution in [0.4, 0.5) is 0 Å². The highest BCUT2D eigenvalue weighted by Crippen LogP contribution is 2.13. The minimum atomic E-state index is -0.509. The third kappa shape index (κ3) is 5.22. The van der Waals surface area contributed by atoms with Crippen LogP contribution >= 0.6 is 11.8 Å². The maximum Gasteiger partial charge on any atom is 0.361 e. The molecule has 0 atom stereocenters. The Labute approximate surface area is 119 Å². The zero-order chi connectivity index (χ0) is 14.5. The van der Waals surface area contributed by atoms with Crippen molar-refractivity contribution in [2.75, 3.05) is 11.5 Å². The number of carbonyl (C=O) groups excluding carboxylic acids is 1. The summed E-state index contributed by atoms with van der Waals surface area (Å²) in [6.07, 6.45) is 1.02. The highest BCUT2D eigenvalue weighted by Gasteiger charge is 2.23. The van der Waals surface area contributed by atoms with Crippen molar-refractivity contribution in [3.8, 4) is 0 Å². The Balaban J connectivity index is 2.62. The molecule has 1 aromatic heterocycles. The molecule has 0 saturated carbocycles. The van der Waals surface area contributed by atoms with Gasteiger partial charge in [0, 0.05) is 6.54 Å². The van der Waals surface area contributed by atoms with Gasteiger partial charge in [0.1, 0.15) is 5.60 Å². The Bertz CT molecular complexity index is 424. The quantitative estimate of drug-likeness (QED) is 0.594. The first-order valence-corrected chi connectivity index (χ1v) is 7.71. The van der Waals surface area contributed by atoms with Crippen LogP contribution in [0.5, 0.6) is 0 Å². The molecule has 1 rings (SSSR count). The van der Waals surface area contributed by atoms with Crippen LogP contribution in [-0.4, -0.2) is 38.1 Å². The van der Waals surface area contributed by atoms with E-state index in [1.807, 2.05) is 39.5 Å². The molecular weight excluding hydrogens is 262 g/mol. The molecule has 0 unspecified atom stereocenters. The van der Waals surface area contributed by atoms with E-state index in [0.29, 0.717) is 5.69 Å². The highest BCUT2D eigenvalue weighted by atomic mass is 32.2. The second kappa shape index (κ2) is 6.93. The molecule has 0 aliphatic rings. The van der Waals surface area contributed by atoms with Crippen LogP contribution in [0.3, 0.4) is 0 Å². The summed E-state index contributed by atoms with van der Waals surface area (Å²) >= 11 is 1.90. The van der Waals surface area contributed by atoms with E-state index in [0.717, 1.165) is 30.2 Å². The summed E-state index contributed by atoms with van der Waals surface area (Å²) < 4.78 is 7.08. The number of aromatic nitrogens is 3. The summed E-state index contributed by atoms with van der Waals surface area (Å²) in [6.45, 7) is 10.3. The topological polar surface area (TPSA) is 57.0 Å². The Kier molecular flexibility index (Phi) is 5.85. The fourth-order valence-corrected chi connectivity index (χ4v) is 2.17. The monoisotopic (exact) mass is 285 g/mol. The number of esters is 1. The average Bonchev–Trinajstić information content (AvgIpc) is 2.64. The number of carbonyl (C=O) groups is 1. The van der Waals surface area contributed by atoms with Gasteiger partial charge in [0.05, 0.1) is 5.69 Å². The molecule has 1 heterocycles. The number of hydrogen-bond acceptors (Lipinski definition) is 5. The van der Waals surface area contributed by atoms with Crippen molar-refractivity contribution in [3.05, 3.63) is 11.4 Å². The number of ether oxygens (including phenoxy) is 1. The van der Waals surface area contributed by atoms with Gasteiger partial charge >= 0.3 is 5.97 Å². The van der Waals surface area contributed by atoms with Crippen molar-refractivity contribution < 1.29 is 9.53 Å². The van der Waals surface area contributed by atoms with E-state index in [-0.39, 0.29) is 0 Å². The lowest BCUT2D eigenvalue weighted by atomic mass is 10.2. The van der Waals surface area contributed by atoms with Gasteiger partial charge in [0.15, 0.2) is 5.69 Å². The maximum absolute atomic E-state index is 11.9. The van der Waals surface area contributed by atoms with Gasteiger partial charge in [-0.3, -0.25) is 0 Å². The number of nitrogens with zero attached hydrogens (tertiary/aromatic N) is 3. The van der Waals surface area contributed by atoms with Gasteiger partial charge in [-0.2, -0.15) is 11.8 Å². The third-order valence-corrected chi connectivity index (χ3v) is 3.42. The van der Waals surface area contributed by atoms with Crippen molar-refractivity contribution in [1.82, 2.24) is 15.0 Å². The first-order valence-electron chi connectivity index (χ1n) is 6.56. The summed E-state index contributed by atoms with van der Waals surface area (Å²) in [5.74, 6) is 1.82. The van der Waals surface area contributed by atoms with Gasteiger partial charge in [-0.1, -0.05) is 12.1 Å². The molecule has 0 N–H and O–H groups in total. The predicted molar refractivity (Wildman–Crippen MR) is 77.5 cm³/mol. The molecule has 6 heteroatoms. The predicted octanol–water partition coefficient (Wildman–Crippen LogP) is 2.69. The van der Waals surface area contributed by atoms with Crippen molar-refractivity contribution >= 4 is 17.7 Å². The van der Waals surface area contributed by atoms with E-state index in [1.54, 1.807) is 4.68 Å². The number of aryl methyl sites for hydroxylation is 1. The zero-order valence-electron chi connectivity index (χ0n) is 12.4. The maximum atomic E-state index is 11.9. The van der Waals surface area contributed by atoms with Gasteiger partial charge in [-0.15, -0.1) is 5.10 Å². The molecule has 5 nitrogen and oxygen atoms in total. The van der Waals surface area contributed by atoms with Crippen molar-refractivity contribution in [2.24, 2.45) is 0 Å². The molecule has 0 bridgehead atoms.